The van der Waals surface area contributed by atoms with Crippen LogP contribution in [0.1, 0.15) is 64.2 Å². The zero-order valence-electron chi connectivity index (χ0n) is 10.6. The van der Waals surface area contributed by atoms with Gasteiger partial charge >= 0.3 is 0 Å². The van der Waals surface area contributed by atoms with Crippen LogP contribution in [0.2, 0.25) is 0 Å². The van der Waals surface area contributed by atoms with Gasteiger partial charge in [0.1, 0.15) is 0 Å². The molecule has 2 aliphatic carbocycles. The number of hydrogen-bond donors (Lipinski definition) is 2. The molecule has 0 bridgehead atoms. The van der Waals surface area contributed by atoms with Crippen molar-refractivity contribution in [2.75, 3.05) is 0 Å². The van der Waals surface area contributed by atoms with Gasteiger partial charge in [0.05, 0.1) is 11.8 Å². The van der Waals surface area contributed by atoms with E-state index in [1.165, 1.54) is 38.5 Å². The summed E-state index contributed by atoms with van der Waals surface area (Å²) in [6.45, 7) is 0. The fourth-order valence-electron chi connectivity index (χ4n) is 3.47. The van der Waals surface area contributed by atoms with E-state index in [1.54, 1.807) is 0 Å². The van der Waals surface area contributed by atoms with Crippen LogP contribution in [0.25, 0.3) is 0 Å². The molecule has 2 saturated carbocycles. The van der Waals surface area contributed by atoms with Crippen LogP contribution >= 0.6 is 0 Å². The molecule has 0 amide bonds. The lowest BCUT2D eigenvalue weighted by atomic mass is 9.77. The van der Waals surface area contributed by atoms with E-state index in [1.807, 2.05) is 0 Å². The van der Waals surface area contributed by atoms with Crippen LogP contribution in [-0.2, 0) is 0 Å². The van der Waals surface area contributed by atoms with Crippen LogP contribution in [0.4, 0.5) is 0 Å². The summed E-state index contributed by atoms with van der Waals surface area (Å²) in [7, 11) is 0. The molecule has 0 saturated heterocycles. The highest BCUT2D eigenvalue weighted by atomic mass is 16.4. The predicted molar refractivity (Wildman–Crippen MR) is 68.4 cm³/mol. The Kier molecular flexibility index (Phi) is 4.84. The van der Waals surface area contributed by atoms with E-state index < -0.39 is 6.10 Å². The van der Waals surface area contributed by atoms with Gasteiger partial charge in [-0.1, -0.05) is 43.7 Å². The topological polar surface area (TPSA) is 52.8 Å². The van der Waals surface area contributed by atoms with Gasteiger partial charge < -0.3 is 10.3 Å². The number of aliphatic hydroxyl groups excluding tert-OH is 1. The van der Waals surface area contributed by atoms with Crippen molar-refractivity contribution in [1.29, 1.82) is 0 Å². The number of aliphatic hydroxyl groups is 1. The first-order valence-corrected chi connectivity index (χ1v) is 7.23. The lowest BCUT2D eigenvalue weighted by Gasteiger charge is -2.31. The minimum atomic E-state index is -0.497. The van der Waals surface area contributed by atoms with Crippen molar-refractivity contribution in [3.05, 3.63) is 0 Å². The summed E-state index contributed by atoms with van der Waals surface area (Å²) in [6, 6.07) is 0. The number of oxime groups is 1. The van der Waals surface area contributed by atoms with Gasteiger partial charge in [-0.25, -0.2) is 0 Å². The van der Waals surface area contributed by atoms with E-state index in [-0.39, 0.29) is 0 Å². The number of hydrogen-bond acceptors (Lipinski definition) is 3. The summed E-state index contributed by atoms with van der Waals surface area (Å²) < 4.78 is 0. The van der Waals surface area contributed by atoms with Crippen molar-refractivity contribution in [3.63, 3.8) is 0 Å². The van der Waals surface area contributed by atoms with Gasteiger partial charge in [0.15, 0.2) is 0 Å². The van der Waals surface area contributed by atoms with E-state index in [0.29, 0.717) is 17.5 Å². The Morgan fingerprint density at radius 1 is 0.882 bits per heavy atom. The molecule has 0 aromatic carbocycles. The summed E-state index contributed by atoms with van der Waals surface area (Å²) in [6.07, 6.45) is 11.3. The van der Waals surface area contributed by atoms with Crippen LogP contribution in [-0.4, -0.2) is 22.1 Å². The molecule has 17 heavy (non-hydrogen) atoms. The first-order valence-electron chi connectivity index (χ1n) is 7.23. The van der Waals surface area contributed by atoms with Crippen LogP contribution in [0.3, 0.4) is 0 Å². The van der Waals surface area contributed by atoms with Gasteiger partial charge in [0.25, 0.3) is 0 Å². The van der Waals surface area contributed by atoms with Crippen molar-refractivity contribution in [2.24, 2.45) is 17.0 Å². The molecule has 2 fully saturated rings. The second-order valence-electron chi connectivity index (χ2n) is 5.70. The third kappa shape index (κ3) is 3.21. The largest absolute Gasteiger partial charge is 0.411 e. The van der Waals surface area contributed by atoms with Crippen molar-refractivity contribution in [3.8, 4) is 0 Å². The minimum absolute atomic E-state index is 0.325. The molecule has 0 aliphatic heterocycles. The van der Waals surface area contributed by atoms with E-state index in [9.17, 15) is 10.3 Å². The SMILES string of the molecule is O/N=C(\C1CCCCC1)C(O)C1CCCCC1. The maximum Gasteiger partial charge on any atom is 0.0985 e. The Morgan fingerprint density at radius 2 is 1.41 bits per heavy atom. The Morgan fingerprint density at radius 3 is 1.94 bits per heavy atom. The molecule has 3 heteroatoms. The Labute approximate surface area is 104 Å². The van der Waals surface area contributed by atoms with Gasteiger partial charge in [-0.3, -0.25) is 0 Å². The Bertz CT molecular complexity index is 253. The van der Waals surface area contributed by atoms with Crippen molar-refractivity contribution in [1.82, 2.24) is 0 Å². The van der Waals surface area contributed by atoms with Gasteiger partial charge in [0.2, 0.25) is 0 Å². The molecule has 1 unspecified atom stereocenters. The van der Waals surface area contributed by atoms with Crippen LogP contribution in [0.5, 0.6) is 0 Å². The zero-order valence-corrected chi connectivity index (χ0v) is 10.6. The summed E-state index contributed by atoms with van der Waals surface area (Å²) in [4.78, 5) is 0. The summed E-state index contributed by atoms with van der Waals surface area (Å²) >= 11 is 0. The van der Waals surface area contributed by atoms with Crippen LogP contribution < -0.4 is 0 Å². The highest BCUT2D eigenvalue weighted by Gasteiger charge is 2.31. The molecule has 2 N–H and O–H groups in total. The highest BCUT2D eigenvalue weighted by Crippen LogP contribution is 2.32. The summed E-state index contributed by atoms with van der Waals surface area (Å²) in [5.41, 5.74) is 0.677. The third-order valence-electron chi connectivity index (χ3n) is 4.54. The first-order chi connectivity index (χ1) is 8.33. The van der Waals surface area contributed by atoms with Gasteiger partial charge in [-0.05, 0) is 31.6 Å². The molecular weight excluding hydrogens is 214 g/mol. The van der Waals surface area contributed by atoms with E-state index in [2.05, 4.69) is 5.16 Å². The molecule has 0 heterocycles. The Hall–Kier alpha value is -0.570. The fourth-order valence-corrected chi connectivity index (χ4v) is 3.47. The van der Waals surface area contributed by atoms with Crippen molar-refractivity contribution in [2.45, 2.75) is 70.3 Å². The maximum absolute atomic E-state index is 10.4. The van der Waals surface area contributed by atoms with E-state index in [0.717, 1.165) is 25.7 Å². The normalized spacial score (nSPS) is 27.0. The lowest BCUT2D eigenvalue weighted by Crippen LogP contribution is -2.36. The zero-order chi connectivity index (χ0) is 12.1. The third-order valence-corrected chi connectivity index (χ3v) is 4.54. The Balaban J connectivity index is 1.96. The highest BCUT2D eigenvalue weighted by molar-refractivity contribution is 5.90. The molecule has 0 radical (unpaired) electrons. The molecule has 2 rings (SSSR count). The average Bonchev–Trinajstić information content (AvgIpc) is 2.42. The van der Waals surface area contributed by atoms with E-state index in [4.69, 9.17) is 0 Å². The summed E-state index contributed by atoms with van der Waals surface area (Å²) in [5, 5.41) is 23.1. The quantitative estimate of drug-likeness (QED) is 0.451. The molecule has 1 atom stereocenters. The first kappa shape index (κ1) is 12.9. The number of nitrogens with zero attached hydrogens (tertiary/aromatic N) is 1. The molecule has 0 aromatic heterocycles. The molecule has 0 spiro atoms. The maximum atomic E-state index is 10.4. The van der Waals surface area contributed by atoms with Gasteiger partial charge in [0, 0.05) is 5.92 Å². The number of rotatable bonds is 3. The van der Waals surface area contributed by atoms with Gasteiger partial charge in [-0.2, -0.15) is 0 Å². The molecule has 2 aliphatic rings. The second-order valence-corrected chi connectivity index (χ2v) is 5.70. The average molecular weight is 239 g/mol. The van der Waals surface area contributed by atoms with Crippen LogP contribution in [0, 0.1) is 11.8 Å². The fraction of sp³-hybridized carbons (Fsp3) is 0.929. The van der Waals surface area contributed by atoms with E-state index >= 15 is 0 Å². The second kappa shape index (κ2) is 6.39. The van der Waals surface area contributed by atoms with Crippen molar-refractivity contribution < 1.29 is 10.3 Å². The molecule has 98 valence electrons. The van der Waals surface area contributed by atoms with Crippen molar-refractivity contribution >= 4 is 5.71 Å². The minimum Gasteiger partial charge on any atom is -0.411 e. The molecule has 0 aromatic rings. The predicted octanol–water partition coefficient (Wildman–Crippen LogP) is 3.34. The standard InChI is InChI=1S/C14H25NO2/c16-14(12-9-5-2-6-10-12)13(15-17)11-7-3-1-4-8-11/h11-12,14,16-17H,1-10H2/b15-13+. The van der Waals surface area contributed by atoms with Crippen LogP contribution in [0.15, 0.2) is 5.16 Å². The molecule has 3 nitrogen and oxygen atoms in total. The van der Waals surface area contributed by atoms with Gasteiger partial charge in [-0.15, -0.1) is 0 Å². The summed E-state index contributed by atoms with van der Waals surface area (Å²) in [5.74, 6) is 0.655. The monoisotopic (exact) mass is 239 g/mol. The lowest BCUT2D eigenvalue weighted by molar-refractivity contribution is 0.129. The smallest absolute Gasteiger partial charge is 0.0985 e. The molecular formula is C14H25NO2.